The lowest BCUT2D eigenvalue weighted by Crippen LogP contribution is -2.55. The Bertz CT molecular complexity index is 916. The van der Waals surface area contributed by atoms with E-state index >= 15 is 0 Å². The quantitative estimate of drug-likeness (QED) is 0.663. The number of rotatable bonds is 4. The molecule has 0 bridgehead atoms. The number of nitroso groups, excluding NO2 is 1. The number of carbonyl (C=O) groups is 1. The van der Waals surface area contributed by atoms with Crippen LogP contribution < -0.4 is 10.5 Å². The summed E-state index contributed by atoms with van der Waals surface area (Å²) >= 11 is 0. The highest BCUT2D eigenvalue weighted by Gasteiger charge is 2.71. The highest BCUT2D eigenvalue weighted by molar-refractivity contribution is 6.05. The number of hydrogen-bond acceptors (Lipinski definition) is 3. The molecule has 5 nitrogen and oxygen atoms in total. The summed E-state index contributed by atoms with van der Waals surface area (Å²) in [6, 6.07) is 6.40. The fraction of sp³-hybridized carbons (Fsp3) is 0.278. The van der Waals surface area contributed by atoms with Gasteiger partial charge in [0, 0.05) is 39.0 Å². The molecule has 0 aliphatic carbocycles. The van der Waals surface area contributed by atoms with Crippen molar-refractivity contribution in [2.24, 2.45) is 0 Å². The molecule has 2 aromatic carbocycles. The Morgan fingerprint density at radius 1 is 0.966 bits per heavy atom. The molecule has 29 heavy (non-hydrogen) atoms. The van der Waals surface area contributed by atoms with Gasteiger partial charge in [0.05, 0.1) is 0 Å². The molecule has 0 saturated heterocycles. The lowest BCUT2D eigenvalue weighted by molar-refractivity contribution is -0.379. The van der Waals surface area contributed by atoms with Gasteiger partial charge in [0.1, 0.15) is 0 Å². The average molecular weight is 421 g/mol. The molecular formula is C18H15F6N2O3+. The second kappa shape index (κ2) is 7.47. The molecule has 2 aromatic rings. The fourth-order valence-corrected chi connectivity index (χ4v) is 2.77. The lowest BCUT2D eigenvalue weighted by atomic mass is 9.89. The molecular weight excluding hydrogens is 406 g/mol. The first-order valence-corrected chi connectivity index (χ1v) is 7.99. The molecule has 0 fully saturated rings. The monoisotopic (exact) mass is 421 g/mol. The van der Waals surface area contributed by atoms with Crippen molar-refractivity contribution < 1.29 is 41.4 Å². The molecule has 0 heterocycles. The zero-order valence-corrected chi connectivity index (χ0v) is 15.0. The fourth-order valence-electron chi connectivity index (χ4n) is 2.77. The largest absolute Gasteiger partial charge is 0.430 e. The molecule has 3 N–H and O–H groups in total. The van der Waals surface area contributed by atoms with Crippen LogP contribution in [-0.2, 0) is 5.60 Å². The number of anilines is 1. The van der Waals surface area contributed by atoms with E-state index < -0.39 is 29.4 Å². The zero-order chi connectivity index (χ0) is 22.2. The summed E-state index contributed by atoms with van der Waals surface area (Å²) in [5, 5.41) is 13.5. The van der Waals surface area contributed by atoms with Gasteiger partial charge in [-0.05, 0) is 31.0 Å². The van der Waals surface area contributed by atoms with Crippen molar-refractivity contribution in [1.82, 2.24) is 0 Å². The maximum atomic E-state index is 13.1. The van der Waals surface area contributed by atoms with E-state index in [1.165, 1.54) is 38.1 Å². The van der Waals surface area contributed by atoms with Crippen LogP contribution in [0.1, 0.15) is 27.0 Å². The number of carbonyl (C=O) groups excluding carboxylic acids is 1. The first-order valence-electron chi connectivity index (χ1n) is 7.99. The van der Waals surface area contributed by atoms with Crippen LogP contribution in [0.15, 0.2) is 36.4 Å². The first kappa shape index (κ1) is 22.3. The average Bonchev–Trinajstić information content (AvgIpc) is 2.61. The van der Waals surface area contributed by atoms with Gasteiger partial charge in [-0.2, -0.15) is 26.3 Å². The van der Waals surface area contributed by atoms with E-state index in [4.69, 9.17) is 0 Å². The van der Waals surface area contributed by atoms with E-state index in [1.54, 1.807) is 5.18 Å². The van der Waals surface area contributed by atoms with Gasteiger partial charge in [-0.3, -0.25) is 4.79 Å². The van der Waals surface area contributed by atoms with E-state index in [2.05, 4.69) is 5.32 Å². The SMILES string of the molecule is Cc1cc(C(O)(C(F)(F)F)C(F)(F)F)cc(C)c1NC(=O)c1cccc([NH+]=O)c1. The minimum atomic E-state index is -6.01. The predicted octanol–water partition coefficient (Wildman–Crippen LogP) is 3.35. The number of nitrogens with one attached hydrogen (secondary N) is 2. The summed E-state index contributed by atoms with van der Waals surface area (Å²) in [5.74, 6) is -0.733. The lowest BCUT2D eigenvalue weighted by Gasteiger charge is -2.33. The summed E-state index contributed by atoms with van der Waals surface area (Å²) < 4.78 is 78.5. The molecule has 0 unspecified atom stereocenters. The Labute approximate surface area is 160 Å². The molecule has 156 valence electrons. The highest BCUT2D eigenvalue weighted by Crippen LogP contribution is 2.50. The van der Waals surface area contributed by atoms with E-state index in [1.807, 2.05) is 0 Å². The van der Waals surface area contributed by atoms with Gasteiger partial charge in [-0.1, -0.05) is 18.2 Å². The molecule has 0 saturated carbocycles. The number of alkyl halides is 6. The molecule has 1 amide bonds. The Morgan fingerprint density at radius 3 is 1.93 bits per heavy atom. The van der Waals surface area contributed by atoms with Crippen LogP contribution >= 0.6 is 0 Å². The zero-order valence-electron chi connectivity index (χ0n) is 15.0. The summed E-state index contributed by atoms with van der Waals surface area (Å²) in [5.41, 5.74) is -6.63. The smallest absolute Gasteiger partial charge is 0.369 e. The van der Waals surface area contributed by atoms with Gasteiger partial charge in [0.25, 0.3) is 17.2 Å². The minimum absolute atomic E-state index is 0.0223. The van der Waals surface area contributed by atoms with E-state index in [9.17, 15) is 41.2 Å². The van der Waals surface area contributed by atoms with E-state index in [0.29, 0.717) is 12.1 Å². The second-order valence-electron chi connectivity index (χ2n) is 6.33. The number of aryl methyl sites for hydroxylation is 2. The molecule has 0 aromatic heterocycles. The molecule has 11 heteroatoms. The summed E-state index contributed by atoms with van der Waals surface area (Å²) in [7, 11) is 0. The summed E-state index contributed by atoms with van der Waals surface area (Å²) in [6.07, 6.45) is -12.0. The minimum Gasteiger partial charge on any atom is -0.369 e. The third kappa shape index (κ3) is 4.09. The topological polar surface area (TPSA) is 80.4 Å². The molecule has 2 rings (SSSR count). The van der Waals surface area contributed by atoms with Crippen LogP contribution in [0.3, 0.4) is 0 Å². The Balaban J connectivity index is 2.48. The van der Waals surface area contributed by atoms with Crippen molar-refractivity contribution in [3.63, 3.8) is 0 Å². The maximum Gasteiger partial charge on any atom is 0.430 e. The van der Waals surface area contributed by atoms with Crippen molar-refractivity contribution in [3.8, 4) is 0 Å². The van der Waals surface area contributed by atoms with Crippen molar-refractivity contribution in [3.05, 3.63) is 63.6 Å². The summed E-state index contributed by atoms with van der Waals surface area (Å²) in [6.45, 7) is 2.38. The van der Waals surface area contributed by atoms with Gasteiger partial charge in [0.15, 0.2) is 0 Å². The Hall–Kier alpha value is -2.95. The highest BCUT2D eigenvalue weighted by atomic mass is 19.4. The van der Waals surface area contributed by atoms with Crippen LogP contribution in [0.25, 0.3) is 0 Å². The second-order valence-corrected chi connectivity index (χ2v) is 6.33. The number of hydrogen-bond donors (Lipinski definition) is 3. The third-order valence-electron chi connectivity index (χ3n) is 4.25. The van der Waals surface area contributed by atoms with Crippen LogP contribution in [0, 0.1) is 18.8 Å². The van der Waals surface area contributed by atoms with E-state index in [0.717, 1.165) is 0 Å². The Morgan fingerprint density at radius 2 is 1.48 bits per heavy atom. The van der Waals surface area contributed by atoms with Crippen LogP contribution in [0.5, 0.6) is 0 Å². The standard InChI is InChI=1S/C18H14F6N2O3/c1-9-6-12(16(28,17(19,20)21)18(22,23)24)7-10(2)14(9)25-15(27)11-4-3-5-13(8-11)26-29/h3-8,28H,1-2H3,(H,25,27)/p+1. The van der Waals surface area contributed by atoms with Crippen molar-refractivity contribution >= 4 is 17.3 Å². The van der Waals surface area contributed by atoms with Crippen LogP contribution in [0.4, 0.5) is 37.7 Å². The van der Waals surface area contributed by atoms with Crippen molar-refractivity contribution in [2.45, 2.75) is 31.8 Å². The Kier molecular flexibility index (Phi) is 5.75. The number of amides is 1. The molecule has 0 aliphatic heterocycles. The van der Waals surface area contributed by atoms with Crippen LogP contribution in [0.2, 0.25) is 0 Å². The number of aliphatic hydroxyl groups is 1. The molecule has 0 spiro atoms. The van der Waals surface area contributed by atoms with Crippen molar-refractivity contribution in [2.75, 3.05) is 5.32 Å². The predicted molar refractivity (Wildman–Crippen MR) is 90.3 cm³/mol. The normalized spacial score (nSPS) is 12.6. The van der Waals surface area contributed by atoms with Gasteiger partial charge < -0.3 is 10.4 Å². The number of benzene rings is 2. The molecule has 0 aliphatic rings. The number of halogens is 6. The van der Waals surface area contributed by atoms with E-state index in [-0.39, 0.29) is 28.1 Å². The molecule has 0 radical (unpaired) electrons. The van der Waals surface area contributed by atoms with Gasteiger partial charge in [-0.15, -0.1) is 0 Å². The van der Waals surface area contributed by atoms with Gasteiger partial charge in [0.2, 0.25) is 0 Å². The molecule has 0 atom stereocenters. The third-order valence-corrected chi connectivity index (χ3v) is 4.25. The van der Waals surface area contributed by atoms with Crippen molar-refractivity contribution in [1.29, 1.82) is 0 Å². The first-order chi connectivity index (χ1) is 13.2. The van der Waals surface area contributed by atoms with Gasteiger partial charge >= 0.3 is 12.4 Å². The van der Waals surface area contributed by atoms with Crippen LogP contribution in [-0.4, -0.2) is 23.4 Å². The summed E-state index contributed by atoms with van der Waals surface area (Å²) in [4.78, 5) is 23.0. The maximum absolute atomic E-state index is 13.1. The van der Waals surface area contributed by atoms with Gasteiger partial charge in [-0.25, -0.2) is 0 Å².